The summed E-state index contributed by atoms with van der Waals surface area (Å²) in [5.41, 5.74) is 1.47. The highest BCUT2D eigenvalue weighted by Crippen LogP contribution is 2.43. The Morgan fingerprint density at radius 3 is 2.55 bits per heavy atom. The summed E-state index contributed by atoms with van der Waals surface area (Å²) in [6, 6.07) is 9.60. The Bertz CT molecular complexity index is 651. The van der Waals surface area contributed by atoms with E-state index in [0.29, 0.717) is 17.5 Å². The lowest BCUT2D eigenvalue weighted by atomic mass is 9.93. The number of ether oxygens (including phenoxy) is 1. The number of rotatable bonds is 5. The molecule has 1 aromatic heterocycles. The van der Waals surface area contributed by atoms with Crippen LogP contribution < -0.4 is 10.1 Å². The predicted molar refractivity (Wildman–Crippen MR) is 81.3 cm³/mol. The second-order valence-corrected chi connectivity index (χ2v) is 5.45. The van der Waals surface area contributed by atoms with Crippen LogP contribution in [-0.4, -0.2) is 18.0 Å². The van der Waals surface area contributed by atoms with Gasteiger partial charge in [-0.2, -0.15) is 0 Å². The van der Waals surface area contributed by atoms with Gasteiger partial charge in [-0.25, -0.2) is 9.37 Å². The topological polar surface area (TPSA) is 51.2 Å². The van der Waals surface area contributed by atoms with Crippen molar-refractivity contribution in [1.82, 2.24) is 4.98 Å². The van der Waals surface area contributed by atoms with Gasteiger partial charge in [0.15, 0.2) is 0 Å². The number of carbonyl (C=O) groups is 1. The van der Waals surface area contributed by atoms with Crippen LogP contribution in [0.5, 0.6) is 5.88 Å². The lowest BCUT2D eigenvalue weighted by molar-refractivity contribution is -0.118. The van der Waals surface area contributed by atoms with Crippen molar-refractivity contribution >= 4 is 11.6 Å². The molecule has 114 valence electrons. The molecule has 5 heteroatoms. The summed E-state index contributed by atoms with van der Waals surface area (Å²) in [5.74, 6) is 0.203. The molecule has 1 saturated carbocycles. The monoisotopic (exact) mass is 300 g/mol. The first kappa shape index (κ1) is 14.5. The minimum absolute atomic E-state index is 0.0823. The van der Waals surface area contributed by atoms with Crippen molar-refractivity contribution in [1.29, 1.82) is 0 Å². The Morgan fingerprint density at radius 1 is 1.27 bits per heavy atom. The smallest absolute Gasteiger partial charge is 0.232 e. The van der Waals surface area contributed by atoms with Crippen molar-refractivity contribution in [2.24, 2.45) is 5.92 Å². The molecule has 1 aromatic carbocycles. The summed E-state index contributed by atoms with van der Waals surface area (Å²) in [7, 11) is 1.54. The maximum Gasteiger partial charge on any atom is 0.232 e. The molecule has 0 saturated heterocycles. The first-order chi connectivity index (χ1) is 10.7. The van der Waals surface area contributed by atoms with Crippen molar-refractivity contribution in [2.75, 3.05) is 12.4 Å². The van der Waals surface area contributed by atoms with Crippen LogP contribution in [0.3, 0.4) is 0 Å². The van der Waals surface area contributed by atoms with Crippen molar-refractivity contribution in [2.45, 2.75) is 18.8 Å². The lowest BCUT2D eigenvalue weighted by Gasteiger charge is -2.16. The van der Waals surface area contributed by atoms with Crippen molar-refractivity contribution in [3.8, 4) is 5.88 Å². The molecule has 1 N–H and O–H groups in total. The first-order valence-corrected chi connectivity index (χ1v) is 7.24. The summed E-state index contributed by atoms with van der Waals surface area (Å²) in [5, 5.41) is 2.88. The van der Waals surface area contributed by atoms with Gasteiger partial charge in [-0.1, -0.05) is 12.1 Å². The van der Waals surface area contributed by atoms with Crippen molar-refractivity contribution < 1.29 is 13.9 Å². The molecule has 1 atom stereocenters. The number of benzene rings is 1. The normalized spacial score (nSPS) is 15.2. The highest BCUT2D eigenvalue weighted by molar-refractivity contribution is 5.96. The zero-order valence-electron chi connectivity index (χ0n) is 12.3. The average molecular weight is 300 g/mol. The molecule has 1 aliphatic rings. The van der Waals surface area contributed by atoms with Crippen LogP contribution in [0.15, 0.2) is 42.6 Å². The van der Waals surface area contributed by atoms with E-state index >= 15 is 0 Å². The third kappa shape index (κ3) is 3.24. The van der Waals surface area contributed by atoms with E-state index < -0.39 is 0 Å². The number of anilines is 1. The van der Waals surface area contributed by atoms with Crippen LogP contribution in [0.4, 0.5) is 10.1 Å². The third-order valence-corrected chi connectivity index (χ3v) is 3.82. The molecule has 1 aliphatic carbocycles. The van der Waals surface area contributed by atoms with E-state index in [9.17, 15) is 9.18 Å². The molecule has 2 aromatic rings. The molecule has 0 bridgehead atoms. The summed E-state index contributed by atoms with van der Waals surface area (Å²) >= 11 is 0. The minimum atomic E-state index is -0.293. The fourth-order valence-electron chi connectivity index (χ4n) is 2.53. The highest BCUT2D eigenvalue weighted by atomic mass is 19.1. The molecule has 1 amide bonds. The molecule has 22 heavy (non-hydrogen) atoms. The van der Waals surface area contributed by atoms with Crippen molar-refractivity contribution in [3.63, 3.8) is 0 Å². The quantitative estimate of drug-likeness (QED) is 0.921. The molecule has 3 rings (SSSR count). The number of pyridine rings is 1. The Kier molecular flexibility index (Phi) is 4.04. The number of nitrogens with zero attached hydrogens (tertiary/aromatic N) is 1. The fraction of sp³-hybridized carbons (Fsp3) is 0.294. The van der Waals surface area contributed by atoms with Crippen molar-refractivity contribution in [3.05, 3.63) is 54.0 Å². The second kappa shape index (κ2) is 6.13. The first-order valence-electron chi connectivity index (χ1n) is 7.24. The average Bonchev–Trinajstić information content (AvgIpc) is 3.35. The number of hydrogen-bond donors (Lipinski definition) is 1. The molecule has 4 nitrogen and oxygen atoms in total. The van der Waals surface area contributed by atoms with Crippen LogP contribution >= 0.6 is 0 Å². The highest BCUT2D eigenvalue weighted by Gasteiger charge is 2.37. The van der Waals surface area contributed by atoms with Crippen LogP contribution in [0, 0.1) is 11.7 Å². The number of hydrogen-bond acceptors (Lipinski definition) is 3. The minimum Gasteiger partial charge on any atom is -0.481 e. The largest absolute Gasteiger partial charge is 0.481 e. The molecule has 1 fully saturated rings. The molecular formula is C17H17FN2O2. The number of nitrogens with one attached hydrogen (secondary N) is 1. The predicted octanol–water partition coefficient (Wildman–Crippen LogP) is 3.36. The second-order valence-electron chi connectivity index (χ2n) is 5.45. The molecule has 1 unspecified atom stereocenters. The van der Waals surface area contributed by atoms with E-state index in [1.165, 1.54) is 19.2 Å². The number of aromatic nitrogens is 1. The summed E-state index contributed by atoms with van der Waals surface area (Å²) in [6.07, 6.45) is 3.61. The van der Waals surface area contributed by atoms with E-state index in [-0.39, 0.29) is 17.6 Å². The molecule has 0 radical (unpaired) electrons. The van der Waals surface area contributed by atoms with Gasteiger partial charge in [0.2, 0.25) is 11.8 Å². The van der Waals surface area contributed by atoms with Gasteiger partial charge in [-0.15, -0.1) is 0 Å². The van der Waals surface area contributed by atoms with Gasteiger partial charge in [0, 0.05) is 6.07 Å². The summed E-state index contributed by atoms with van der Waals surface area (Å²) < 4.78 is 18.1. The Balaban J connectivity index is 1.76. The maximum atomic E-state index is 13.1. The number of methoxy groups -OCH3 is 1. The standard InChI is InChI=1S/C17H17FN2O2/c1-22-15-9-8-14(10-19-15)20-17(21)16(11-2-3-11)12-4-6-13(18)7-5-12/h4-11,16H,2-3H2,1H3,(H,20,21). The van der Waals surface area contributed by atoms with Gasteiger partial charge in [0.25, 0.3) is 0 Å². The zero-order chi connectivity index (χ0) is 15.5. The Morgan fingerprint density at radius 2 is 2.00 bits per heavy atom. The number of amides is 1. The van der Waals surface area contributed by atoms with Gasteiger partial charge < -0.3 is 10.1 Å². The van der Waals surface area contributed by atoms with Crippen LogP contribution in [-0.2, 0) is 4.79 Å². The number of carbonyl (C=O) groups excluding carboxylic acids is 1. The van der Waals surface area contributed by atoms with Crippen LogP contribution in [0.2, 0.25) is 0 Å². The van der Waals surface area contributed by atoms with Gasteiger partial charge in [0.1, 0.15) is 5.82 Å². The maximum absolute atomic E-state index is 13.1. The summed E-state index contributed by atoms with van der Waals surface area (Å²) in [4.78, 5) is 16.6. The van der Waals surface area contributed by atoms with Gasteiger partial charge in [0.05, 0.1) is 24.9 Å². The van der Waals surface area contributed by atoms with E-state index in [2.05, 4.69) is 10.3 Å². The van der Waals surface area contributed by atoms with Gasteiger partial charge in [-0.05, 0) is 42.5 Å². The lowest BCUT2D eigenvalue weighted by Crippen LogP contribution is -2.22. The molecule has 0 aliphatic heterocycles. The van der Waals surface area contributed by atoms with Gasteiger partial charge >= 0.3 is 0 Å². The van der Waals surface area contributed by atoms with E-state index in [1.54, 1.807) is 30.5 Å². The summed E-state index contributed by atoms with van der Waals surface area (Å²) in [6.45, 7) is 0. The Hall–Kier alpha value is -2.43. The Labute approximate surface area is 128 Å². The number of halogens is 1. The SMILES string of the molecule is COc1ccc(NC(=O)C(c2ccc(F)cc2)C2CC2)cn1. The fourth-order valence-corrected chi connectivity index (χ4v) is 2.53. The molecule has 1 heterocycles. The van der Waals surface area contributed by atoms with E-state index in [0.717, 1.165) is 18.4 Å². The van der Waals surface area contributed by atoms with Crippen LogP contribution in [0.1, 0.15) is 24.3 Å². The zero-order valence-corrected chi connectivity index (χ0v) is 12.3. The van der Waals surface area contributed by atoms with Crippen LogP contribution in [0.25, 0.3) is 0 Å². The van der Waals surface area contributed by atoms with E-state index in [1.807, 2.05) is 0 Å². The van der Waals surface area contributed by atoms with E-state index in [4.69, 9.17) is 4.74 Å². The molecular weight excluding hydrogens is 283 g/mol. The van der Waals surface area contributed by atoms with Gasteiger partial charge in [-0.3, -0.25) is 4.79 Å². The third-order valence-electron chi connectivity index (χ3n) is 3.82. The molecule has 0 spiro atoms.